The van der Waals surface area contributed by atoms with Crippen LogP contribution in [0.5, 0.6) is 0 Å². The molecule has 0 spiro atoms. The molecule has 3 heterocycles. The van der Waals surface area contributed by atoms with Crippen LogP contribution in [0.15, 0.2) is 48.8 Å². The van der Waals surface area contributed by atoms with E-state index in [1.807, 2.05) is 12.3 Å². The molecule has 0 radical (unpaired) electrons. The monoisotopic (exact) mass is 361 g/mol. The highest BCUT2D eigenvalue weighted by atomic mass is 15.4. The number of pyridine rings is 1. The van der Waals surface area contributed by atoms with Gasteiger partial charge < -0.3 is 4.57 Å². The highest BCUT2D eigenvalue weighted by Gasteiger charge is 2.33. The second kappa shape index (κ2) is 6.22. The number of hydrogen-bond acceptors (Lipinski definition) is 1. The Kier molecular flexibility index (Phi) is 4.10. The normalized spacial score (nSPS) is 12.6. The van der Waals surface area contributed by atoms with Gasteiger partial charge in [0.1, 0.15) is 5.65 Å². The molecule has 0 saturated heterocycles. The zero-order valence-corrected chi connectivity index (χ0v) is 17.2. The highest BCUT2D eigenvalue weighted by molar-refractivity contribution is 5.81. The molecule has 0 amide bonds. The minimum Gasteiger partial charge on any atom is -0.335 e. The number of aryl methyl sites for hydroxylation is 1. The maximum Gasteiger partial charge on any atom is 0.238 e. The Morgan fingerprint density at radius 1 is 1.04 bits per heavy atom. The van der Waals surface area contributed by atoms with Crippen molar-refractivity contribution in [1.29, 1.82) is 0 Å². The van der Waals surface area contributed by atoms with Crippen LogP contribution >= 0.6 is 0 Å². The summed E-state index contributed by atoms with van der Waals surface area (Å²) in [5, 5.41) is 2.60. The van der Waals surface area contributed by atoms with Crippen molar-refractivity contribution in [1.82, 2.24) is 14.2 Å². The van der Waals surface area contributed by atoms with E-state index in [0.29, 0.717) is 5.92 Å². The lowest BCUT2D eigenvalue weighted by Gasteiger charge is -2.21. The van der Waals surface area contributed by atoms with E-state index in [-0.39, 0.29) is 5.41 Å². The minimum atomic E-state index is -0.0314. The lowest BCUT2D eigenvalue weighted by atomic mass is 9.84. The van der Waals surface area contributed by atoms with Gasteiger partial charge in [0, 0.05) is 30.9 Å². The van der Waals surface area contributed by atoms with Gasteiger partial charge in [0.15, 0.2) is 6.54 Å². The van der Waals surface area contributed by atoms with E-state index < -0.39 is 0 Å². The summed E-state index contributed by atoms with van der Waals surface area (Å²) in [5.41, 5.74) is 5.05. The quantitative estimate of drug-likeness (QED) is 0.493. The van der Waals surface area contributed by atoms with E-state index in [9.17, 15) is 0 Å². The summed E-state index contributed by atoms with van der Waals surface area (Å²) in [6.07, 6.45) is 4.11. The molecule has 1 aromatic carbocycles. The first-order valence-electron chi connectivity index (χ1n) is 9.69. The van der Waals surface area contributed by atoms with Crippen molar-refractivity contribution >= 4 is 21.9 Å². The van der Waals surface area contributed by atoms with Crippen molar-refractivity contribution in [2.45, 2.75) is 45.6 Å². The lowest BCUT2D eigenvalue weighted by Crippen LogP contribution is -2.49. The number of benzene rings is 1. The van der Waals surface area contributed by atoms with Crippen LogP contribution in [0.25, 0.3) is 21.9 Å². The fourth-order valence-corrected chi connectivity index (χ4v) is 4.47. The van der Waals surface area contributed by atoms with Crippen molar-refractivity contribution in [2.75, 3.05) is 0 Å². The molecule has 0 unspecified atom stereocenters. The molecule has 0 N–H and O–H groups in total. The molecule has 0 atom stereocenters. The van der Waals surface area contributed by atoms with Crippen LogP contribution < -0.4 is 4.68 Å². The Balaban J connectivity index is 1.87. The van der Waals surface area contributed by atoms with Crippen LogP contribution in [0.2, 0.25) is 0 Å². The molecule has 140 valence electrons. The average Bonchev–Trinajstić information content (AvgIpc) is 3.11. The van der Waals surface area contributed by atoms with Gasteiger partial charge in [0.2, 0.25) is 5.52 Å². The largest absolute Gasteiger partial charge is 0.335 e. The molecule has 0 fully saturated rings. The van der Waals surface area contributed by atoms with Gasteiger partial charge in [-0.15, -0.1) is 4.68 Å². The van der Waals surface area contributed by atoms with Crippen molar-refractivity contribution in [3.8, 4) is 0 Å². The van der Waals surface area contributed by atoms with Crippen LogP contribution in [-0.2, 0) is 26.1 Å². The zero-order chi connectivity index (χ0) is 19.3. The second-order valence-electron chi connectivity index (χ2n) is 8.55. The molecule has 0 bridgehead atoms. The molecule has 3 aromatic heterocycles. The third-order valence-electron chi connectivity index (χ3n) is 5.72. The average molecular weight is 362 g/mol. The van der Waals surface area contributed by atoms with Crippen LogP contribution in [-0.4, -0.2) is 14.2 Å². The third kappa shape index (κ3) is 2.75. The summed E-state index contributed by atoms with van der Waals surface area (Å²) in [5.74, 6) is 0.478. The van der Waals surface area contributed by atoms with Crippen LogP contribution in [0.3, 0.4) is 0 Å². The SMILES string of the molecule is CC(C)c1c2ccccc2[n+](CC(C)(C)c2cn(C)c3ncccc23)n1C. The Morgan fingerprint density at radius 2 is 1.74 bits per heavy atom. The van der Waals surface area contributed by atoms with E-state index in [1.165, 1.54) is 27.5 Å². The van der Waals surface area contributed by atoms with E-state index in [0.717, 1.165) is 12.2 Å². The minimum absolute atomic E-state index is 0.0314. The van der Waals surface area contributed by atoms with Gasteiger partial charge in [-0.1, -0.05) is 26.0 Å². The molecule has 27 heavy (non-hydrogen) atoms. The summed E-state index contributed by atoms with van der Waals surface area (Å²) < 4.78 is 6.92. The van der Waals surface area contributed by atoms with Gasteiger partial charge in [-0.05, 0) is 43.5 Å². The molecule has 4 aromatic rings. The number of para-hydroxylation sites is 1. The molecule has 4 nitrogen and oxygen atoms in total. The van der Waals surface area contributed by atoms with E-state index >= 15 is 0 Å². The Labute approximate surface area is 161 Å². The molecule has 4 heteroatoms. The first-order valence-corrected chi connectivity index (χ1v) is 9.69. The van der Waals surface area contributed by atoms with Crippen LogP contribution in [0.4, 0.5) is 0 Å². The van der Waals surface area contributed by atoms with Gasteiger partial charge in [-0.2, -0.15) is 4.68 Å². The van der Waals surface area contributed by atoms with Gasteiger partial charge >= 0.3 is 0 Å². The number of rotatable bonds is 4. The van der Waals surface area contributed by atoms with Gasteiger partial charge in [-0.25, -0.2) is 4.98 Å². The van der Waals surface area contributed by atoms with Crippen LogP contribution in [0.1, 0.15) is 44.9 Å². The molecular weight excluding hydrogens is 332 g/mol. The van der Waals surface area contributed by atoms with E-state index in [4.69, 9.17) is 0 Å². The molecular formula is C23H29N4+. The number of hydrogen-bond donors (Lipinski definition) is 0. The maximum absolute atomic E-state index is 4.57. The van der Waals surface area contributed by atoms with Crippen molar-refractivity contribution in [3.63, 3.8) is 0 Å². The molecule has 0 aliphatic heterocycles. The number of fused-ring (bicyclic) bond motifs is 2. The summed E-state index contributed by atoms with van der Waals surface area (Å²) >= 11 is 0. The summed E-state index contributed by atoms with van der Waals surface area (Å²) in [6, 6.07) is 13.0. The van der Waals surface area contributed by atoms with Gasteiger partial charge in [0.25, 0.3) is 0 Å². The smallest absolute Gasteiger partial charge is 0.238 e. The Hall–Kier alpha value is -2.62. The Morgan fingerprint density at radius 3 is 2.48 bits per heavy atom. The number of aromatic nitrogens is 4. The van der Waals surface area contributed by atoms with Crippen molar-refractivity contribution < 1.29 is 4.68 Å². The van der Waals surface area contributed by atoms with Crippen molar-refractivity contribution in [2.24, 2.45) is 14.1 Å². The predicted octanol–water partition coefficient (Wildman–Crippen LogP) is 4.45. The molecule has 0 aliphatic rings. The van der Waals surface area contributed by atoms with Gasteiger partial charge in [-0.3, -0.25) is 0 Å². The second-order valence-corrected chi connectivity index (χ2v) is 8.55. The lowest BCUT2D eigenvalue weighted by molar-refractivity contribution is -0.757. The zero-order valence-electron chi connectivity index (χ0n) is 17.2. The fourth-order valence-electron chi connectivity index (χ4n) is 4.47. The summed E-state index contributed by atoms with van der Waals surface area (Å²) in [6.45, 7) is 10.1. The molecule has 4 rings (SSSR count). The first-order chi connectivity index (χ1) is 12.8. The fraction of sp³-hybridized carbons (Fsp3) is 0.391. The van der Waals surface area contributed by atoms with E-state index in [1.54, 1.807) is 0 Å². The first kappa shape index (κ1) is 17.8. The standard InChI is InChI=1S/C23H29N4/c1-16(2)21-18-10-7-8-12-20(18)27(26(21)6)15-23(3,4)19-14-25(5)22-17(19)11-9-13-24-22/h7-14,16H,15H2,1-6H3/q+1. The summed E-state index contributed by atoms with van der Waals surface area (Å²) in [4.78, 5) is 4.57. The third-order valence-corrected chi connectivity index (χ3v) is 5.72. The highest BCUT2D eigenvalue weighted by Crippen LogP contribution is 2.32. The maximum atomic E-state index is 4.57. The van der Waals surface area contributed by atoms with Crippen LogP contribution in [0, 0.1) is 0 Å². The molecule has 0 aliphatic carbocycles. The topological polar surface area (TPSA) is 26.6 Å². The van der Waals surface area contributed by atoms with Crippen molar-refractivity contribution in [3.05, 3.63) is 60.0 Å². The van der Waals surface area contributed by atoms with E-state index in [2.05, 4.69) is 97.2 Å². The predicted molar refractivity (Wildman–Crippen MR) is 111 cm³/mol. The molecule has 0 saturated carbocycles. The Bertz CT molecular complexity index is 1130. The summed E-state index contributed by atoms with van der Waals surface area (Å²) in [7, 11) is 4.27. The number of nitrogens with zero attached hydrogens (tertiary/aromatic N) is 4. The van der Waals surface area contributed by atoms with Gasteiger partial charge in [0.05, 0.1) is 23.5 Å².